The Morgan fingerprint density at radius 2 is 1.76 bits per heavy atom. The molecule has 33 heavy (non-hydrogen) atoms. The Balaban J connectivity index is 2.18. The number of hydrogen-bond donors (Lipinski definition) is 1. The number of aromatic nitrogens is 3. The van der Waals surface area contributed by atoms with Crippen LogP contribution in [0.5, 0.6) is 17.2 Å². The Morgan fingerprint density at radius 1 is 1.09 bits per heavy atom. The summed E-state index contributed by atoms with van der Waals surface area (Å²) in [5.41, 5.74) is 1.48. The smallest absolute Gasteiger partial charge is 0.338 e. The molecular weight excluding hydrogens is 452 g/mol. The van der Waals surface area contributed by atoms with Crippen LogP contribution in [0, 0.1) is 0 Å². The van der Waals surface area contributed by atoms with Crippen molar-refractivity contribution in [3.05, 3.63) is 29.0 Å². The summed E-state index contributed by atoms with van der Waals surface area (Å²) < 4.78 is 28.1. The molecule has 1 atom stereocenters. The Bertz CT molecular complexity index is 1080. The molecular formula is C21H26N4O7S. The lowest BCUT2D eigenvalue weighted by atomic mass is 9.94. The summed E-state index contributed by atoms with van der Waals surface area (Å²) in [5.74, 6) is 0.915. The highest BCUT2D eigenvalue weighted by atomic mass is 32.2. The molecule has 0 spiro atoms. The summed E-state index contributed by atoms with van der Waals surface area (Å²) in [6, 6.07) is 2.67. The topological polar surface area (TPSA) is 123 Å². The first-order valence-corrected chi connectivity index (χ1v) is 11.0. The molecule has 3 rings (SSSR count). The molecule has 12 heteroatoms. The normalized spacial score (nSPS) is 14.8. The number of ether oxygens (including phenoxy) is 5. The zero-order valence-corrected chi connectivity index (χ0v) is 20.1. The Hall–Kier alpha value is -3.41. The molecule has 178 valence electrons. The molecule has 0 bridgehead atoms. The van der Waals surface area contributed by atoms with E-state index in [0.29, 0.717) is 45.2 Å². The van der Waals surface area contributed by atoms with Crippen LogP contribution in [-0.4, -0.2) is 67.5 Å². The number of anilines is 1. The van der Waals surface area contributed by atoms with E-state index in [-0.39, 0.29) is 12.4 Å². The van der Waals surface area contributed by atoms with E-state index < -0.39 is 18.0 Å². The Kier molecular flexibility index (Phi) is 7.69. The van der Waals surface area contributed by atoms with Gasteiger partial charge in [-0.3, -0.25) is 4.79 Å². The van der Waals surface area contributed by atoms with Crippen molar-refractivity contribution in [1.82, 2.24) is 14.8 Å². The van der Waals surface area contributed by atoms with Crippen LogP contribution in [0.1, 0.15) is 25.5 Å². The standard InChI is InChI=1S/C21H26N4O7S/c1-7-32-19(27)17-11(2)22-20-23-21(33-10-16(26)31-6)24-25(20)18(17)12-8-14(29-4)15(30-5)9-13(12)28-3/h8-9,18H,7,10H2,1-6H3,(H,22,23,24)/t18-/m0/s1. The van der Waals surface area contributed by atoms with E-state index in [9.17, 15) is 9.59 Å². The summed E-state index contributed by atoms with van der Waals surface area (Å²) in [5, 5.41) is 7.98. The molecule has 2 aromatic rings. The number of esters is 2. The molecule has 1 aromatic carbocycles. The molecule has 1 aliphatic heterocycles. The van der Waals surface area contributed by atoms with Gasteiger partial charge < -0.3 is 29.0 Å². The van der Waals surface area contributed by atoms with Crippen LogP contribution in [0.2, 0.25) is 0 Å². The molecule has 1 aliphatic rings. The first kappa shape index (κ1) is 24.2. The third-order valence-corrected chi connectivity index (χ3v) is 5.72. The van der Waals surface area contributed by atoms with Gasteiger partial charge in [-0.15, -0.1) is 5.10 Å². The van der Waals surface area contributed by atoms with E-state index in [0.717, 1.165) is 11.8 Å². The van der Waals surface area contributed by atoms with Gasteiger partial charge in [0.05, 0.1) is 46.4 Å². The number of nitrogens with zero attached hydrogens (tertiary/aromatic N) is 3. The van der Waals surface area contributed by atoms with Crippen molar-refractivity contribution in [3.63, 3.8) is 0 Å². The van der Waals surface area contributed by atoms with Crippen LogP contribution in [0.15, 0.2) is 28.6 Å². The van der Waals surface area contributed by atoms with E-state index in [2.05, 4.69) is 20.1 Å². The molecule has 0 unspecified atom stereocenters. The number of thioether (sulfide) groups is 1. The van der Waals surface area contributed by atoms with Gasteiger partial charge in [0.15, 0.2) is 11.5 Å². The van der Waals surface area contributed by atoms with Crippen molar-refractivity contribution in [2.24, 2.45) is 0 Å². The van der Waals surface area contributed by atoms with Crippen molar-refractivity contribution < 1.29 is 33.3 Å². The lowest BCUT2D eigenvalue weighted by Gasteiger charge is -2.29. The lowest BCUT2D eigenvalue weighted by molar-refractivity contribution is -0.139. The minimum absolute atomic E-state index is 0.0431. The van der Waals surface area contributed by atoms with Crippen LogP contribution in [-0.2, 0) is 19.1 Å². The molecule has 0 aliphatic carbocycles. The number of carbonyl (C=O) groups excluding carboxylic acids is 2. The molecule has 11 nitrogen and oxygen atoms in total. The van der Waals surface area contributed by atoms with E-state index >= 15 is 0 Å². The summed E-state index contributed by atoms with van der Waals surface area (Å²) in [7, 11) is 5.88. The van der Waals surface area contributed by atoms with Gasteiger partial charge in [0, 0.05) is 17.3 Å². The van der Waals surface area contributed by atoms with Crippen molar-refractivity contribution in [2.45, 2.75) is 25.0 Å². The maximum Gasteiger partial charge on any atom is 0.338 e. The first-order valence-electron chi connectivity index (χ1n) is 9.99. The zero-order valence-electron chi connectivity index (χ0n) is 19.3. The maximum atomic E-state index is 13.0. The molecule has 0 fully saturated rings. The quantitative estimate of drug-likeness (QED) is 0.422. The summed E-state index contributed by atoms with van der Waals surface area (Å²) in [6.45, 7) is 3.69. The average Bonchev–Trinajstić information content (AvgIpc) is 3.23. The van der Waals surface area contributed by atoms with Crippen LogP contribution in [0.25, 0.3) is 0 Å². The maximum absolute atomic E-state index is 13.0. The molecule has 2 heterocycles. The fourth-order valence-corrected chi connectivity index (χ4v) is 4.06. The van der Waals surface area contributed by atoms with Crippen LogP contribution >= 0.6 is 11.8 Å². The van der Waals surface area contributed by atoms with Crippen molar-refractivity contribution in [2.75, 3.05) is 46.1 Å². The largest absolute Gasteiger partial charge is 0.496 e. The van der Waals surface area contributed by atoms with E-state index in [4.69, 9.17) is 18.9 Å². The Morgan fingerprint density at radius 3 is 2.36 bits per heavy atom. The second kappa shape index (κ2) is 10.5. The highest BCUT2D eigenvalue weighted by Gasteiger charge is 2.37. The van der Waals surface area contributed by atoms with Crippen LogP contribution < -0.4 is 19.5 Å². The monoisotopic (exact) mass is 478 g/mol. The zero-order chi connectivity index (χ0) is 24.1. The predicted octanol–water partition coefficient (Wildman–Crippen LogP) is 2.42. The van der Waals surface area contributed by atoms with E-state index in [1.54, 1.807) is 30.7 Å². The fraction of sp³-hybridized carbons (Fsp3) is 0.429. The SMILES string of the molecule is CCOC(=O)C1=C(C)Nc2nc(SCC(=O)OC)nn2[C@H]1c1cc(OC)c(OC)cc1OC. The lowest BCUT2D eigenvalue weighted by Crippen LogP contribution is -2.30. The Labute approximate surface area is 195 Å². The summed E-state index contributed by atoms with van der Waals surface area (Å²) in [4.78, 5) is 29.0. The van der Waals surface area contributed by atoms with Crippen LogP contribution in [0.4, 0.5) is 5.95 Å². The number of carbonyl (C=O) groups is 2. The second-order valence-corrected chi connectivity index (χ2v) is 7.71. The van der Waals surface area contributed by atoms with Gasteiger partial charge in [0.25, 0.3) is 0 Å². The predicted molar refractivity (Wildman–Crippen MR) is 120 cm³/mol. The minimum Gasteiger partial charge on any atom is -0.496 e. The molecule has 1 aromatic heterocycles. The van der Waals surface area contributed by atoms with Gasteiger partial charge in [-0.05, 0) is 19.9 Å². The van der Waals surface area contributed by atoms with Gasteiger partial charge in [-0.2, -0.15) is 4.98 Å². The second-order valence-electron chi connectivity index (χ2n) is 6.76. The number of hydrogen-bond acceptors (Lipinski definition) is 11. The van der Waals surface area contributed by atoms with Crippen molar-refractivity contribution >= 4 is 29.6 Å². The van der Waals surface area contributed by atoms with Gasteiger partial charge in [0.2, 0.25) is 11.1 Å². The molecule has 0 saturated heterocycles. The highest BCUT2D eigenvalue weighted by molar-refractivity contribution is 7.99. The summed E-state index contributed by atoms with van der Waals surface area (Å²) >= 11 is 1.12. The van der Waals surface area contributed by atoms with E-state index in [1.807, 2.05) is 0 Å². The number of allylic oxidation sites excluding steroid dienone is 1. The fourth-order valence-electron chi connectivity index (χ4n) is 3.40. The molecule has 1 N–H and O–H groups in total. The van der Waals surface area contributed by atoms with Gasteiger partial charge in [-0.25, -0.2) is 9.48 Å². The van der Waals surface area contributed by atoms with Gasteiger partial charge in [-0.1, -0.05) is 11.8 Å². The molecule has 0 radical (unpaired) electrons. The molecule has 0 amide bonds. The number of fused-ring (bicyclic) bond motifs is 1. The summed E-state index contributed by atoms with van der Waals surface area (Å²) in [6.07, 6.45) is 0. The van der Waals surface area contributed by atoms with Crippen LogP contribution in [0.3, 0.4) is 0 Å². The third kappa shape index (κ3) is 4.85. The highest BCUT2D eigenvalue weighted by Crippen LogP contribution is 2.44. The first-order chi connectivity index (χ1) is 15.9. The number of benzene rings is 1. The number of methoxy groups -OCH3 is 4. The third-order valence-electron chi connectivity index (χ3n) is 4.91. The average molecular weight is 479 g/mol. The van der Waals surface area contributed by atoms with E-state index in [1.165, 1.54) is 28.4 Å². The van der Waals surface area contributed by atoms with Gasteiger partial charge >= 0.3 is 11.9 Å². The van der Waals surface area contributed by atoms with Crippen molar-refractivity contribution in [3.8, 4) is 17.2 Å². The van der Waals surface area contributed by atoms with Gasteiger partial charge in [0.1, 0.15) is 11.8 Å². The molecule has 0 saturated carbocycles. The number of rotatable bonds is 9. The van der Waals surface area contributed by atoms with Crippen molar-refractivity contribution in [1.29, 1.82) is 0 Å². The number of nitrogens with one attached hydrogen (secondary N) is 1. The minimum atomic E-state index is -0.741.